The van der Waals surface area contributed by atoms with E-state index in [0.717, 1.165) is 0 Å². The van der Waals surface area contributed by atoms with Gasteiger partial charge in [-0.1, -0.05) is 0 Å². The highest BCUT2D eigenvalue weighted by atomic mass is 16.3. The Kier molecular flexibility index (Phi) is 3.08. The second-order valence-electron chi connectivity index (χ2n) is 1.47. The average Bonchev–Trinajstić information content (AvgIpc) is 1.35. The molecule has 0 heterocycles. The van der Waals surface area contributed by atoms with Crippen molar-refractivity contribution in [1.29, 1.82) is 0 Å². The van der Waals surface area contributed by atoms with Gasteiger partial charge in [-0.2, -0.15) is 0 Å². The molecule has 0 aromatic rings. The lowest BCUT2D eigenvalue weighted by molar-refractivity contribution is 0.183. The highest BCUT2D eigenvalue weighted by Gasteiger charge is 1.87. The first-order valence-corrected chi connectivity index (χ1v) is 2.11. The Morgan fingerprint density at radius 3 is 2.33 bits per heavy atom. The van der Waals surface area contributed by atoms with Gasteiger partial charge in [0.1, 0.15) is 0 Å². The van der Waals surface area contributed by atoms with Crippen LogP contribution in [0.1, 0.15) is 13.3 Å². The van der Waals surface area contributed by atoms with Crippen LogP contribution in [0.4, 0.5) is 0 Å². The molecule has 37 valence electrons. The minimum absolute atomic E-state index is 0.0440. The van der Waals surface area contributed by atoms with Crippen molar-refractivity contribution in [3.8, 4) is 0 Å². The summed E-state index contributed by atoms with van der Waals surface area (Å²) in [4.78, 5) is 0. The molecule has 0 aromatic carbocycles. The largest absolute Gasteiger partial charge is 0.328 e. The van der Waals surface area contributed by atoms with E-state index < -0.39 is 0 Å². The molecule has 0 fully saturated rings. The first-order chi connectivity index (χ1) is 2.77. The Bertz CT molecular complexity index is 28.7. The van der Waals surface area contributed by atoms with Crippen LogP contribution in [0.3, 0.4) is 0 Å². The van der Waals surface area contributed by atoms with Gasteiger partial charge >= 0.3 is 0 Å². The molecule has 0 aliphatic carbocycles. The maximum atomic E-state index is 9.66. The summed E-state index contributed by atoms with van der Waals surface area (Å²) in [5.74, 6) is 0. The molecule has 1 radical (unpaired) electrons. The number of rotatable bonds is 2. The first kappa shape index (κ1) is 5.92. The summed E-state index contributed by atoms with van der Waals surface area (Å²) in [6.07, 6.45) is 0.597. The van der Waals surface area contributed by atoms with Gasteiger partial charge in [-0.3, -0.25) is 0 Å². The molecular formula is C4H10NO. The molecule has 0 bridgehead atoms. The smallest absolute Gasteiger partial charge is 0.0837 e. The van der Waals surface area contributed by atoms with Gasteiger partial charge in [0.05, 0.1) is 6.61 Å². The van der Waals surface area contributed by atoms with Crippen molar-refractivity contribution in [1.82, 2.24) is 0 Å². The fourth-order valence-corrected chi connectivity index (χ4v) is 0.186. The van der Waals surface area contributed by atoms with E-state index in [1.807, 2.05) is 6.92 Å². The molecule has 0 saturated heterocycles. The third-order valence-electron chi connectivity index (χ3n) is 0.573. The van der Waals surface area contributed by atoms with Gasteiger partial charge in [-0.05, 0) is 13.3 Å². The molecule has 0 aromatic heterocycles. The van der Waals surface area contributed by atoms with E-state index in [1.54, 1.807) is 0 Å². The Labute approximate surface area is 38.0 Å². The van der Waals surface area contributed by atoms with Gasteiger partial charge in [-0.15, -0.1) is 0 Å². The van der Waals surface area contributed by atoms with Crippen LogP contribution in [-0.2, 0) is 5.11 Å². The lowest BCUT2D eigenvalue weighted by atomic mass is 10.3. The average molecular weight is 88.1 g/mol. The van der Waals surface area contributed by atoms with Crippen molar-refractivity contribution in [2.75, 3.05) is 6.61 Å². The lowest BCUT2D eigenvalue weighted by Gasteiger charge is -1.95. The topological polar surface area (TPSA) is 45.9 Å². The summed E-state index contributed by atoms with van der Waals surface area (Å²) in [7, 11) is 0. The summed E-state index contributed by atoms with van der Waals surface area (Å²) < 4.78 is 0. The molecule has 2 N–H and O–H groups in total. The monoisotopic (exact) mass is 88.1 g/mol. The molecular weight excluding hydrogens is 78.0 g/mol. The standard InChI is InChI=1S/C4H10NO/c1-4(5)2-3-6/h4H,2-3,5H2,1H3/t4-/m1/s1. The van der Waals surface area contributed by atoms with E-state index in [1.165, 1.54) is 0 Å². The van der Waals surface area contributed by atoms with Crippen molar-refractivity contribution in [2.24, 2.45) is 5.73 Å². The van der Waals surface area contributed by atoms with E-state index in [4.69, 9.17) is 5.73 Å². The summed E-state index contributed by atoms with van der Waals surface area (Å²) in [6.45, 7) is 1.79. The Morgan fingerprint density at radius 1 is 1.83 bits per heavy atom. The second kappa shape index (κ2) is 3.12. The molecule has 0 aliphatic heterocycles. The molecule has 0 rings (SSSR count). The van der Waals surface area contributed by atoms with Crippen LogP contribution >= 0.6 is 0 Å². The van der Waals surface area contributed by atoms with Gasteiger partial charge in [0, 0.05) is 6.04 Å². The van der Waals surface area contributed by atoms with Crippen molar-refractivity contribution < 1.29 is 5.11 Å². The van der Waals surface area contributed by atoms with E-state index in [2.05, 4.69) is 0 Å². The second-order valence-corrected chi connectivity index (χ2v) is 1.47. The van der Waals surface area contributed by atoms with Crippen LogP contribution in [0.5, 0.6) is 0 Å². The number of hydrogen-bond acceptors (Lipinski definition) is 1. The van der Waals surface area contributed by atoms with Crippen molar-refractivity contribution in [2.45, 2.75) is 19.4 Å². The normalized spacial score (nSPS) is 14.5. The molecule has 0 saturated carbocycles. The summed E-state index contributed by atoms with van der Waals surface area (Å²) in [5.41, 5.74) is 5.20. The highest BCUT2D eigenvalue weighted by Crippen LogP contribution is 1.79. The van der Waals surface area contributed by atoms with Crippen LogP contribution < -0.4 is 5.73 Å². The first-order valence-electron chi connectivity index (χ1n) is 2.11. The maximum absolute atomic E-state index is 9.66. The Balaban J connectivity index is 2.63. The Morgan fingerprint density at radius 2 is 2.33 bits per heavy atom. The van der Waals surface area contributed by atoms with E-state index in [0.29, 0.717) is 6.42 Å². The number of nitrogens with two attached hydrogens (primary N) is 1. The SMILES string of the molecule is C[C@@H](N)CC[O]. The molecule has 0 unspecified atom stereocenters. The van der Waals surface area contributed by atoms with Crippen molar-refractivity contribution >= 4 is 0 Å². The van der Waals surface area contributed by atoms with Crippen LogP contribution in [0.2, 0.25) is 0 Å². The summed E-state index contributed by atoms with van der Waals surface area (Å²) in [6, 6.07) is 0.0856. The predicted octanol–water partition coefficient (Wildman–Crippen LogP) is 0.154. The van der Waals surface area contributed by atoms with Crippen LogP contribution in [0.15, 0.2) is 0 Å². The fourth-order valence-electron chi connectivity index (χ4n) is 0.186. The van der Waals surface area contributed by atoms with Gasteiger partial charge in [0.25, 0.3) is 0 Å². The van der Waals surface area contributed by atoms with E-state index >= 15 is 0 Å². The third kappa shape index (κ3) is 3.92. The van der Waals surface area contributed by atoms with E-state index in [-0.39, 0.29) is 12.6 Å². The highest BCUT2D eigenvalue weighted by molar-refractivity contribution is 4.47. The minimum atomic E-state index is -0.0440. The van der Waals surface area contributed by atoms with Crippen molar-refractivity contribution in [3.05, 3.63) is 0 Å². The van der Waals surface area contributed by atoms with E-state index in [9.17, 15) is 5.11 Å². The molecule has 6 heavy (non-hydrogen) atoms. The van der Waals surface area contributed by atoms with Crippen molar-refractivity contribution in [3.63, 3.8) is 0 Å². The van der Waals surface area contributed by atoms with Gasteiger partial charge in [0.15, 0.2) is 0 Å². The minimum Gasteiger partial charge on any atom is -0.328 e. The zero-order chi connectivity index (χ0) is 4.99. The zero-order valence-electron chi connectivity index (χ0n) is 3.98. The number of hydrogen-bond donors (Lipinski definition) is 1. The molecule has 0 amide bonds. The molecule has 2 nitrogen and oxygen atoms in total. The molecule has 2 heteroatoms. The fraction of sp³-hybridized carbons (Fsp3) is 1.00. The van der Waals surface area contributed by atoms with Gasteiger partial charge in [-0.25, -0.2) is 5.11 Å². The third-order valence-corrected chi connectivity index (χ3v) is 0.573. The van der Waals surface area contributed by atoms with Gasteiger partial charge < -0.3 is 5.73 Å². The lowest BCUT2D eigenvalue weighted by Crippen LogP contribution is -2.15. The summed E-state index contributed by atoms with van der Waals surface area (Å²) in [5, 5.41) is 9.66. The molecule has 0 aliphatic rings. The molecule has 0 spiro atoms. The van der Waals surface area contributed by atoms with Crippen LogP contribution in [0.25, 0.3) is 0 Å². The van der Waals surface area contributed by atoms with Crippen LogP contribution in [-0.4, -0.2) is 12.6 Å². The quantitative estimate of drug-likeness (QED) is 0.513. The van der Waals surface area contributed by atoms with Gasteiger partial charge in [0.2, 0.25) is 0 Å². The predicted molar refractivity (Wildman–Crippen MR) is 23.8 cm³/mol. The zero-order valence-corrected chi connectivity index (χ0v) is 3.98. The molecule has 1 atom stereocenters. The Hall–Kier alpha value is -0.0800. The van der Waals surface area contributed by atoms with Crippen LogP contribution in [0, 0.1) is 0 Å². The summed E-state index contributed by atoms with van der Waals surface area (Å²) >= 11 is 0. The maximum Gasteiger partial charge on any atom is 0.0837 e.